The maximum atomic E-state index is 13.8. The van der Waals surface area contributed by atoms with Crippen molar-refractivity contribution in [3.8, 4) is 5.75 Å². The van der Waals surface area contributed by atoms with Crippen molar-refractivity contribution in [1.29, 1.82) is 0 Å². The summed E-state index contributed by atoms with van der Waals surface area (Å²) in [5, 5.41) is 36.2. The maximum Gasteiger partial charge on any atom is 0.328 e. The van der Waals surface area contributed by atoms with Crippen LogP contribution in [0.25, 0.3) is 0 Å². The van der Waals surface area contributed by atoms with Gasteiger partial charge in [0, 0.05) is 25.9 Å². The molecule has 18 nitrogen and oxygen atoms in total. The highest BCUT2D eigenvalue weighted by atomic mass is 35.5. The lowest BCUT2D eigenvalue weighted by atomic mass is 10.0. The minimum Gasteiger partial charge on any atom is -0.508 e. The number of nitrogens with one attached hydrogen (secondary N) is 3. The van der Waals surface area contributed by atoms with Gasteiger partial charge in [0.25, 0.3) is 5.91 Å². The molecule has 1 fully saturated rings. The SMILES string of the molecule is Cl.NC(N)=NCCC[C@H]1C(=O)N(CC(=O)N[C@H](CCC(=O)O)C(=O)N[C@H](C(=O)N[C@@H](Cc2ccc(O)cc2)C(=O)O)c2ccccc2)C(=O)N1Cc1ccccc1. The predicted octanol–water partition coefficient (Wildman–Crippen LogP) is 1.02. The first-order chi connectivity index (χ1) is 26.7. The molecule has 4 atom stereocenters. The Bertz CT molecular complexity index is 1910. The van der Waals surface area contributed by atoms with Crippen LogP contribution in [0.5, 0.6) is 5.75 Å². The van der Waals surface area contributed by atoms with E-state index in [-0.39, 0.29) is 55.6 Å². The van der Waals surface area contributed by atoms with Crippen LogP contribution in [0.1, 0.15) is 48.4 Å². The fourth-order valence-corrected chi connectivity index (χ4v) is 6.00. The van der Waals surface area contributed by atoms with Gasteiger partial charge in [-0.1, -0.05) is 72.8 Å². The molecule has 1 aliphatic rings. The van der Waals surface area contributed by atoms with E-state index in [4.69, 9.17) is 11.5 Å². The van der Waals surface area contributed by atoms with Gasteiger partial charge >= 0.3 is 18.0 Å². The lowest BCUT2D eigenvalue weighted by Gasteiger charge is -2.25. The van der Waals surface area contributed by atoms with Crippen LogP contribution in [-0.2, 0) is 41.7 Å². The highest BCUT2D eigenvalue weighted by molar-refractivity contribution is 6.06. The van der Waals surface area contributed by atoms with Crippen molar-refractivity contribution in [3.05, 3.63) is 102 Å². The fourth-order valence-electron chi connectivity index (χ4n) is 6.00. The topological polar surface area (TPSA) is 287 Å². The molecule has 3 aromatic rings. The van der Waals surface area contributed by atoms with Crippen molar-refractivity contribution >= 4 is 60.0 Å². The molecule has 0 bridgehead atoms. The molecule has 1 heterocycles. The molecule has 19 heteroatoms. The zero-order valence-electron chi connectivity index (χ0n) is 30.7. The lowest BCUT2D eigenvalue weighted by molar-refractivity contribution is -0.142. The number of imide groups is 1. The standard InChI is InChI=1S/C38H44N8O10.ClH/c39-37(40)41-19-7-12-29-35(53)46(38(56)45(29)21-24-8-3-1-4-9-24)22-30(48)42-27(17-18-31(49)50)33(51)44-32(25-10-5-2-6-11-25)34(52)43-28(36(54)55)20-23-13-15-26(47)16-14-23;/h1-6,8-11,13-16,27-29,32,47H,7,12,17-22H2,(H,42,48)(H,43,52)(H,44,51)(H,49,50)(H,54,55)(H4,39,40,41);1H/t27-,28+,29+,32+;/m1./s1. The molecule has 0 unspecified atom stereocenters. The summed E-state index contributed by atoms with van der Waals surface area (Å²) in [6.45, 7) is -0.553. The number of aliphatic carboxylic acids is 2. The largest absolute Gasteiger partial charge is 0.508 e. The maximum absolute atomic E-state index is 13.8. The number of guanidine groups is 1. The van der Waals surface area contributed by atoms with Gasteiger partial charge in [-0.25, -0.2) is 9.59 Å². The van der Waals surface area contributed by atoms with E-state index >= 15 is 0 Å². The summed E-state index contributed by atoms with van der Waals surface area (Å²) in [7, 11) is 0. The van der Waals surface area contributed by atoms with Crippen LogP contribution < -0.4 is 27.4 Å². The van der Waals surface area contributed by atoms with Crippen LogP contribution in [0.4, 0.5) is 4.79 Å². The van der Waals surface area contributed by atoms with E-state index in [1.54, 1.807) is 48.5 Å². The van der Waals surface area contributed by atoms with E-state index < -0.39 is 85.2 Å². The van der Waals surface area contributed by atoms with Crippen LogP contribution in [0.3, 0.4) is 0 Å². The van der Waals surface area contributed by atoms with E-state index in [2.05, 4.69) is 20.9 Å². The van der Waals surface area contributed by atoms with Crippen LogP contribution in [-0.4, -0.2) is 104 Å². The van der Waals surface area contributed by atoms with Gasteiger partial charge in [-0.05, 0) is 48.1 Å². The Morgan fingerprint density at radius 2 is 1.42 bits per heavy atom. The van der Waals surface area contributed by atoms with Crippen molar-refractivity contribution in [3.63, 3.8) is 0 Å². The average molecular weight is 809 g/mol. The van der Waals surface area contributed by atoms with Gasteiger partial charge in [0.1, 0.15) is 36.5 Å². The Labute approximate surface area is 333 Å². The van der Waals surface area contributed by atoms with Gasteiger partial charge in [0.2, 0.25) is 17.7 Å². The van der Waals surface area contributed by atoms with E-state index in [9.17, 15) is 48.9 Å². The third kappa shape index (κ3) is 13.2. The Kier molecular flexibility index (Phi) is 16.8. The van der Waals surface area contributed by atoms with E-state index in [1.165, 1.54) is 41.3 Å². The Morgan fingerprint density at radius 3 is 2.02 bits per heavy atom. The quantitative estimate of drug-likeness (QED) is 0.0344. The number of halogens is 1. The first kappa shape index (κ1) is 44.7. The molecular weight excluding hydrogens is 764 g/mol. The smallest absolute Gasteiger partial charge is 0.328 e. The summed E-state index contributed by atoms with van der Waals surface area (Å²) in [4.78, 5) is 97.8. The van der Waals surface area contributed by atoms with E-state index in [0.717, 1.165) is 10.5 Å². The summed E-state index contributed by atoms with van der Waals surface area (Å²) in [6, 6.07) is 16.2. The lowest BCUT2D eigenvalue weighted by Crippen LogP contribution is -2.54. The number of amides is 6. The van der Waals surface area contributed by atoms with Gasteiger partial charge in [-0.15, -0.1) is 12.4 Å². The average Bonchev–Trinajstić information content (AvgIpc) is 3.37. The van der Waals surface area contributed by atoms with Crippen LogP contribution in [0, 0.1) is 0 Å². The number of carbonyl (C=O) groups is 7. The number of carboxylic acids is 2. The monoisotopic (exact) mass is 808 g/mol. The first-order valence-corrected chi connectivity index (χ1v) is 17.6. The Morgan fingerprint density at radius 1 is 0.789 bits per heavy atom. The third-order valence-corrected chi connectivity index (χ3v) is 8.80. The molecule has 10 N–H and O–H groups in total. The van der Waals surface area contributed by atoms with Crippen molar-refractivity contribution < 1.29 is 48.9 Å². The predicted molar refractivity (Wildman–Crippen MR) is 208 cm³/mol. The van der Waals surface area contributed by atoms with Crippen molar-refractivity contribution in [2.45, 2.75) is 62.8 Å². The zero-order chi connectivity index (χ0) is 40.8. The molecule has 1 aliphatic heterocycles. The third-order valence-electron chi connectivity index (χ3n) is 8.80. The number of urea groups is 1. The number of phenolic OH excluding ortho intramolecular Hbond substituents is 1. The second-order valence-electron chi connectivity index (χ2n) is 13.0. The summed E-state index contributed by atoms with van der Waals surface area (Å²) in [5.74, 6) is -6.38. The fraction of sp³-hybridized carbons (Fsp3) is 0.316. The van der Waals surface area contributed by atoms with Gasteiger partial charge < -0.3 is 47.6 Å². The number of hydrogen-bond acceptors (Lipinski definition) is 9. The molecule has 304 valence electrons. The number of benzene rings is 3. The second-order valence-corrected chi connectivity index (χ2v) is 13.0. The normalized spacial score (nSPS) is 15.1. The number of carbonyl (C=O) groups excluding carboxylic acids is 5. The highest BCUT2D eigenvalue weighted by Gasteiger charge is 2.45. The Hall–Kier alpha value is -6.69. The molecule has 0 spiro atoms. The number of aliphatic imine (C=N–C) groups is 1. The second kappa shape index (κ2) is 21.4. The van der Waals surface area contributed by atoms with Crippen molar-refractivity contribution in [1.82, 2.24) is 25.8 Å². The number of hydrogen-bond donors (Lipinski definition) is 8. The number of aromatic hydroxyl groups is 1. The molecule has 0 aliphatic carbocycles. The van der Waals surface area contributed by atoms with Gasteiger partial charge in [-0.3, -0.25) is 33.9 Å². The number of carboxylic acid groups (broad SMARTS) is 2. The molecule has 57 heavy (non-hydrogen) atoms. The van der Waals surface area contributed by atoms with Crippen LogP contribution in [0.15, 0.2) is 89.9 Å². The molecule has 0 radical (unpaired) electrons. The summed E-state index contributed by atoms with van der Waals surface area (Å²) >= 11 is 0. The van der Waals surface area contributed by atoms with E-state index in [1.807, 2.05) is 0 Å². The molecule has 0 saturated carbocycles. The highest BCUT2D eigenvalue weighted by Crippen LogP contribution is 2.24. The van der Waals surface area contributed by atoms with E-state index in [0.29, 0.717) is 12.0 Å². The van der Waals surface area contributed by atoms with Crippen LogP contribution in [0.2, 0.25) is 0 Å². The summed E-state index contributed by atoms with van der Waals surface area (Å²) in [5.41, 5.74) is 12.3. The molecular formula is C38H45ClN8O10. The van der Waals surface area contributed by atoms with Gasteiger partial charge in [0.15, 0.2) is 5.96 Å². The molecule has 6 amide bonds. The number of phenols is 1. The Balaban J connectivity index is 0.00000870. The minimum atomic E-state index is -1.56. The first-order valence-electron chi connectivity index (χ1n) is 17.6. The molecule has 0 aromatic heterocycles. The van der Waals surface area contributed by atoms with Gasteiger partial charge in [0.05, 0.1) is 0 Å². The van der Waals surface area contributed by atoms with Gasteiger partial charge in [-0.2, -0.15) is 0 Å². The van der Waals surface area contributed by atoms with Crippen molar-refractivity contribution in [2.24, 2.45) is 16.5 Å². The number of nitrogens with zero attached hydrogens (tertiary/aromatic N) is 3. The zero-order valence-corrected chi connectivity index (χ0v) is 31.5. The molecule has 4 rings (SSSR count). The van der Waals surface area contributed by atoms with Crippen molar-refractivity contribution in [2.75, 3.05) is 13.1 Å². The minimum absolute atomic E-state index is 0. The summed E-state index contributed by atoms with van der Waals surface area (Å²) in [6.07, 6.45) is -0.675. The summed E-state index contributed by atoms with van der Waals surface area (Å²) < 4.78 is 0. The number of rotatable bonds is 20. The number of nitrogens with two attached hydrogens (primary N) is 2. The van der Waals surface area contributed by atoms with Crippen LogP contribution >= 0.6 is 12.4 Å². The molecule has 3 aromatic carbocycles. The molecule has 1 saturated heterocycles.